The average molecular weight is 416 g/mol. The van der Waals surface area contributed by atoms with Crippen molar-refractivity contribution in [2.45, 2.75) is 36.8 Å². The van der Waals surface area contributed by atoms with Crippen LogP contribution in [0.3, 0.4) is 0 Å². The van der Waals surface area contributed by atoms with Crippen molar-refractivity contribution < 1.29 is 4.92 Å². The van der Waals surface area contributed by atoms with Gasteiger partial charge in [-0.3, -0.25) is 10.1 Å². The summed E-state index contributed by atoms with van der Waals surface area (Å²) in [6, 6.07) is 10.9. The highest BCUT2D eigenvalue weighted by Crippen LogP contribution is 2.85. The Balaban J connectivity index is 2.18. The van der Waals surface area contributed by atoms with Crippen LogP contribution in [0.4, 0.5) is 5.69 Å². The zero-order valence-corrected chi connectivity index (χ0v) is 17.3. The largest absolute Gasteiger partial charge is 0.386 e. The molecule has 0 bridgehead atoms. The van der Waals surface area contributed by atoms with Gasteiger partial charge in [-0.1, -0.05) is 26.0 Å². The Kier molecular flexibility index (Phi) is 5.35. The lowest BCUT2D eigenvalue weighted by atomic mass is 9.97. The van der Waals surface area contributed by atoms with E-state index in [9.17, 15) is 20.6 Å². The fourth-order valence-corrected chi connectivity index (χ4v) is 7.38. The van der Waals surface area contributed by atoms with Crippen molar-refractivity contribution in [2.75, 3.05) is 11.5 Å². The van der Waals surface area contributed by atoms with Crippen LogP contribution in [0.15, 0.2) is 29.3 Å². The van der Waals surface area contributed by atoms with Gasteiger partial charge in [0.2, 0.25) is 0 Å². The monoisotopic (exact) mass is 415 g/mol. The molecule has 3 atom stereocenters. The van der Waals surface area contributed by atoms with Crippen molar-refractivity contribution in [2.24, 2.45) is 21.6 Å². The minimum Gasteiger partial charge on any atom is -0.386 e. The van der Waals surface area contributed by atoms with Gasteiger partial charge in [0, 0.05) is 18.1 Å². The maximum atomic E-state index is 11.2. The molecule has 3 rings (SSSR count). The van der Waals surface area contributed by atoms with Crippen molar-refractivity contribution in [3.8, 4) is 12.1 Å². The van der Waals surface area contributed by atoms with E-state index in [4.69, 9.17) is 5.73 Å². The summed E-state index contributed by atoms with van der Waals surface area (Å²) in [6.07, 6.45) is 1.80. The summed E-state index contributed by atoms with van der Waals surface area (Å²) < 4.78 is -0.886. The Hall–Kier alpha value is -2.23. The number of non-ortho nitro benzene ring substituents is 1. The Morgan fingerprint density at radius 3 is 2.39 bits per heavy atom. The molecule has 1 aromatic carbocycles. The Labute approximate surface area is 172 Å². The van der Waals surface area contributed by atoms with Crippen molar-refractivity contribution in [1.29, 1.82) is 10.5 Å². The minimum absolute atomic E-state index is 0.0628. The molecule has 2 aliphatic rings. The fraction of sp³-hybridized carbons (Fsp3) is 0.526. The lowest BCUT2D eigenvalue weighted by Crippen LogP contribution is -2.32. The molecule has 7 nitrogen and oxygen atoms in total. The van der Waals surface area contributed by atoms with Crippen molar-refractivity contribution in [1.82, 2.24) is 0 Å². The lowest BCUT2D eigenvalue weighted by molar-refractivity contribution is -0.384. The molecule has 0 amide bonds. The molecule has 2 N–H and O–H groups in total. The predicted octanol–water partition coefficient (Wildman–Crippen LogP) is 4.02. The summed E-state index contributed by atoms with van der Waals surface area (Å²) in [5, 5.41) is 31.7. The zero-order chi connectivity index (χ0) is 20.6. The summed E-state index contributed by atoms with van der Waals surface area (Å²) >= 11 is 3.12. The van der Waals surface area contributed by atoms with Gasteiger partial charge in [-0.15, -0.1) is 23.5 Å². The zero-order valence-electron chi connectivity index (χ0n) is 15.7. The van der Waals surface area contributed by atoms with E-state index in [-0.39, 0.29) is 11.5 Å². The first-order valence-electron chi connectivity index (χ1n) is 9.11. The number of nitro benzene ring substituents is 1. The summed E-state index contributed by atoms with van der Waals surface area (Å²) in [5.41, 5.74) is 4.42. The van der Waals surface area contributed by atoms with Gasteiger partial charge in [0.1, 0.15) is 16.7 Å². The van der Waals surface area contributed by atoms with Crippen LogP contribution in [0.5, 0.6) is 0 Å². The van der Waals surface area contributed by atoms with Gasteiger partial charge in [-0.25, -0.2) is 4.99 Å². The average Bonchev–Trinajstić information content (AvgIpc) is 3.29. The molecule has 0 radical (unpaired) electrons. The number of rotatable bonds is 8. The molecule has 3 unspecified atom stereocenters. The van der Waals surface area contributed by atoms with Crippen molar-refractivity contribution in [3.63, 3.8) is 0 Å². The number of fused-ring (bicyclic) bond motifs is 1. The maximum Gasteiger partial charge on any atom is 0.269 e. The van der Waals surface area contributed by atoms with E-state index in [0.29, 0.717) is 5.56 Å². The summed E-state index contributed by atoms with van der Waals surface area (Å²) in [5.74, 6) is 1.18. The van der Waals surface area contributed by atoms with Crippen LogP contribution in [0, 0.1) is 43.6 Å². The number of nitrogens with zero attached hydrogens (tertiary/aromatic N) is 4. The van der Waals surface area contributed by atoms with E-state index in [1.165, 1.54) is 12.1 Å². The highest BCUT2D eigenvalue weighted by molar-refractivity contribution is 8.18. The van der Waals surface area contributed by atoms with Crippen molar-refractivity contribution >= 4 is 35.0 Å². The number of thioether (sulfide) groups is 2. The first-order valence-corrected chi connectivity index (χ1v) is 11.1. The van der Waals surface area contributed by atoms with Gasteiger partial charge < -0.3 is 5.73 Å². The second-order valence-electron chi connectivity index (χ2n) is 6.90. The summed E-state index contributed by atoms with van der Waals surface area (Å²) in [7, 11) is 0. The Morgan fingerprint density at radius 2 is 1.89 bits per heavy atom. The molecule has 146 valence electrons. The van der Waals surface area contributed by atoms with Crippen LogP contribution in [-0.4, -0.2) is 26.5 Å². The molecule has 28 heavy (non-hydrogen) atoms. The maximum absolute atomic E-state index is 11.2. The molecule has 0 spiro atoms. The van der Waals surface area contributed by atoms with E-state index in [1.54, 1.807) is 35.7 Å². The summed E-state index contributed by atoms with van der Waals surface area (Å²) in [6.45, 7) is 4.10. The Morgan fingerprint density at radius 1 is 1.25 bits per heavy atom. The number of nitro groups is 1. The van der Waals surface area contributed by atoms with E-state index in [0.717, 1.165) is 24.3 Å². The number of hydrogen-bond acceptors (Lipinski definition) is 8. The molecule has 1 aromatic rings. The molecule has 1 heterocycles. The topological polar surface area (TPSA) is 129 Å². The molecule has 1 saturated carbocycles. The van der Waals surface area contributed by atoms with Gasteiger partial charge in [-0.2, -0.15) is 10.5 Å². The molecule has 0 saturated heterocycles. The molecule has 1 aliphatic carbocycles. The number of nitriles is 2. The Bertz CT molecular complexity index is 914. The molecular formula is C19H21N5O2S2. The smallest absolute Gasteiger partial charge is 0.269 e. The molecule has 0 aromatic heterocycles. The van der Waals surface area contributed by atoms with Crippen LogP contribution in [-0.2, 0) is 0 Å². The molecule has 9 heteroatoms. The SMILES string of the molecule is CCCSC1(SCCC)N=C(N)C2(C#N)C(c3cccc([N+](=O)[O-])c3)C12C#N. The number of amidine groups is 1. The first kappa shape index (κ1) is 20.5. The standard InChI is InChI=1S/C19H21N5O2S2/c1-3-8-27-19(28-9-4-2)18(12-21)15(17(18,11-20)16(22)23-19)13-6-5-7-14(10-13)24(25)26/h5-7,10,15H,3-4,8-9H2,1-2H3,(H2,22,23). The molecular weight excluding hydrogens is 394 g/mol. The van der Waals surface area contributed by atoms with Crippen LogP contribution < -0.4 is 5.73 Å². The number of aliphatic imine (C=N–C) groups is 1. The van der Waals surface area contributed by atoms with Crippen LogP contribution in [0.25, 0.3) is 0 Å². The van der Waals surface area contributed by atoms with Gasteiger partial charge in [0.25, 0.3) is 5.69 Å². The third-order valence-electron chi connectivity index (χ3n) is 5.35. The number of hydrogen-bond donors (Lipinski definition) is 1. The van der Waals surface area contributed by atoms with Crippen molar-refractivity contribution in [3.05, 3.63) is 39.9 Å². The summed E-state index contributed by atoms with van der Waals surface area (Å²) in [4.78, 5) is 15.5. The van der Waals surface area contributed by atoms with Gasteiger partial charge in [-0.05, 0) is 29.9 Å². The predicted molar refractivity (Wildman–Crippen MR) is 112 cm³/mol. The normalized spacial score (nSPS) is 29.3. The number of benzene rings is 1. The van der Waals surface area contributed by atoms with Gasteiger partial charge >= 0.3 is 0 Å². The van der Waals surface area contributed by atoms with E-state index < -0.39 is 25.9 Å². The molecule has 1 fully saturated rings. The van der Waals surface area contributed by atoms with E-state index >= 15 is 0 Å². The quantitative estimate of drug-likeness (QED) is 0.385. The van der Waals surface area contributed by atoms with Gasteiger partial charge in [0.05, 0.1) is 17.1 Å². The second-order valence-corrected chi connectivity index (χ2v) is 9.73. The highest BCUT2D eigenvalue weighted by atomic mass is 32.2. The first-order chi connectivity index (χ1) is 13.4. The van der Waals surface area contributed by atoms with Gasteiger partial charge in [0.15, 0.2) is 4.20 Å². The van der Waals surface area contributed by atoms with Crippen LogP contribution in [0.2, 0.25) is 0 Å². The third-order valence-corrected chi connectivity index (χ3v) is 8.89. The van der Waals surface area contributed by atoms with Crippen LogP contribution >= 0.6 is 23.5 Å². The number of nitrogens with two attached hydrogens (primary N) is 1. The minimum atomic E-state index is -1.25. The fourth-order valence-electron chi connectivity index (χ4n) is 4.16. The molecule has 1 aliphatic heterocycles. The van der Waals surface area contributed by atoms with Crippen LogP contribution in [0.1, 0.15) is 38.2 Å². The van der Waals surface area contributed by atoms with E-state index in [1.807, 2.05) is 0 Å². The second kappa shape index (κ2) is 7.31. The lowest BCUT2D eigenvalue weighted by Gasteiger charge is -2.32. The highest BCUT2D eigenvalue weighted by Gasteiger charge is 2.92. The van der Waals surface area contributed by atoms with E-state index in [2.05, 4.69) is 31.0 Å². The third kappa shape index (κ3) is 2.46.